The summed E-state index contributed by atoms with van der Waals surface area (Å²) < 4.78 is 0. The van der Waals surface area contributed by atoms with Crippen molar-refractivity contribution < 1.29 is 0 Å². The van der Waals surface area contributed by atoms with E-state index in [1.807, 2.05) is 0 Å². The first kappa shape index (κ1) is 12.7. The Morgan fingerprint density at radius 1 is 1.11 bits per heavy atom. The summed E-state index contributed by atoms with van der Waals surface area (Å²) in [5.74, 6) is 2.16. The van der Waals surface area contributed by atoms with Gasteiger partial charge in [-0.25, -0.2) is 9.97 Å². The van der Waals surface area contributed by atoms with Crippen LogP contribution in [0.5, 0.6) is 0 Å². The highest BCUT2D eigenvalue weighted by atomic mass is 15.3. The average Bonchev–Trinajstić information content (AvgIpc) is 3.10. The smallest absolute Gasteiger partial charge is 0.134 e. The van der Waals surface area contributed by atoms with Crippen molar-refractivity contribution in [3.63, 3.8) is 0 Å². The van der Waals surface area contributed by atoms with Gasteiger partial charge in [0, 0.05) is 31.7 Å². The zero-order valence-electron chi connectivity index (χ0n) is 11.5. The molecule has 0 amide bonds. The summed E-state index contributed by atoms with van der Waals surface area (Å²) in [6, 6.07) is 2.71. The molecule has 0 saturated carbocycles. The van der Waals surface area contributed by atoms with Gasteiger partial charge < -0.3 is 15.5 Å². The van der Waals surface area contributed by atoms with Crippen molar-refractivity contribution in [2.24, 2.45) is 5.73 Å². The zero-order valence-corrected chi connectivity index (χ0v) is 11.5. The third-order valence-corrected chi connectivity index (χ3v) is 4.24. The second-order valence-corrected chi connectivity index (χ2v) is 5.50. The van der Waals surface area contributed by atoms with E-state index in [4.69, 9.17) is 5.73 Å². The Hall–Kier alpha value is -1.36. The van der Waals surface area contributed by atoms with Crippen LogP contribution < -0.4 is 15.5 Å². The Kier molecular flexibility index (Phi) is 3.82. The van der Waals surface area contributed by atoms with E-state index in [0.717, 1.165) is 44.2 Å². The molecule has 1 aromatic rings. The highest BCUT2D eigenvalue weighted by Gasteiger charge is 2.25. The predicted molar refractivity (Wildman–Crippen MR) is 77.5 cm³/mol. The van der Waals surface area contributed by atoms with Gasteiger partial charge in [0.15, 0.2) is 0 Å². The van der Waals surface area contributed by atoms with Gasteiger partial charge in [-0.05, 0) is 38.6 Å². The molecule has 2 aliphatic heterocycles. The average molecular weight is 261 g/mol. The number of nitrogens with zero attached hydrogens (tertiary/aromatic N) is 4. The molecule has 1 unspecified atom stereocenters. The van der Waals surface area contributed by atoms with Crippen LogP contribution in [-0.4, -0.2) is 42.2 Å². The molecular weight excluding hydrogens is 238 g/mol. The van der Waals surface area contributed by atoms with Crippen LogP contribution in [0.25, 0.3) is 0 Å². The van der Waals surface area contributed by atoms with E-state index >= 15 is 0 Å². The molecule has 2 fully saturated rings. The molecule has 0 radical (unpaired) electrons. The minimum Gasteiger partial charge on any atom is -0.356 e. The summed E-state index contributed by atoms with van der Waals surface area (Å²) in [6.45, 7) is 4.11. The quantitative estimate of drug-likeness (QED) is 0.887. The van der Waals surface area contributed by atoms with Crippen LogP contribution in [0.1, 0.15) is 32.1 Å². The maximum absolute atomic E-state index is 5.71. The summed E-state index contributed by atoms with van der Waals surface area (Å²) in [5.41, 5.74) is 5.71. The molecule has 3 rings (SSSR count). The van der Waals surface area contributed by atoms with Crippen molar-refractivity contribution in [3.8, 4) is 0 Å². The summed E-state index contributed by atoms with van der Waals surface area (Å²) >= 11 is 0. The van der Waals surface area contributed by atoms with Gasteiger partial charge in [-0.1, -0.05) is 0 Å². The molecule has 0 spiro atoms. The summed E-state index contributed by atoms with van der Waals surface area (Å²) in [6.07, 6.45) is 7.80. The minimum atomic E-state index is 0.561. The van der Waals surface area contributed by atoms with E-state index in [1.54, 1.807) is 6.33 Å². The fraction of sp³-hybridized carbons (Fsp3) is 0.714. The molecule has 2 N–H and O–H groups in total. The second kappa shape index (κ2) is 5.74. The summed E-state index contributed by atoms with van der Waals surface area (Å²) in [5, 5.41) is 0. The van der Waals surface area contributed by atoms with Crippen molar-refractivity contribution in [2.75, 3.05) is 36.0 Å². The Morgan fingerprint density at radius 2 is 1.89 bits per heavy atom. The van der Waals surface area contributed by atoms with E-state index in [2.05, 4.69) is 25.8 Å². The fourth-order valence-electron chi connectivity index (χ4n) is 3.24. The molecule has 0 bridgehead atoms. The van der Waals surface area contributed by atoms with Gasteiger partial charge in [0.25, 0.3) is 0 Å². The van der Waals surface area contributed by atoms with Gasteiger partial charge in [0.1, 0.15) is 18.0 Å². The van der Waals surface area contributed by atoms with E-state index in [1.165, 1.54) is 25.7 Å². The van der Waals surface area contributed by atoms with E-state index < -0.39 is 0 Å². The number of anilines is 2. The molecule has 5 heteroatoms. The third-order valence-electron chi connectivity index (χ3n) is 4.24. The third kappa shape index (κ3) is 2.66. The molecule has 2 saturated heterocycles. The number of hydrogen-bond acceptors (Lipinski definition) is 5. The van der Waals surface area contributed by atoms with Gasteiger partial charge in [-0.3, -0.25) is 0 Å². The second-order valence-electron chi connectivity index (χ2n) is 5.50. The number of rotatable bonds is 4. The van der Waals surface area contributed by atoms with Crippen molar-refractivity contribution in [1.82, 2.24) is 9.97 Å². The standard InChI is InChI=1S/C14H23N5/c15-6-5-12-4-3-9-19(12)14-10-13(16-11-17-14)18-7-1-2-8-18/h10-12H,1-9,15H2. The van der Waals surface area contributed by atoms with Gasteiger partial charge in [-0.15, -0.1) is 0 Å². The largest absolute Gasteiger partial charge is 0.356 e. The van der Waals surface area contributed by atoms with Gasteiger partial charge in [0.05, 0.1) is 0 Å². The monoisotopic (exact) mass is 261 g/mol. The van der Waals surface area contributed by atoms with Gasteiger partial charge in [0.2, 0.25) is 0 Å². The highest BCUT2D eigenvalue weighted by Crippen LogP contribution is 2.28. The number of hydrogen-bond donors (Lipinski definition) is 1. The first-order valence-electron chi connectivity index (χ1n) is 7.42. The lowest BCUT2D eigenvalue weighted by atomic mass is 10.1. The molecule has 2 aliphatic rings. The normalized spacial score (nSPS) is 23.3. The molecule has 1 aromatic heterocycles. The molecule has 19 heavy (non-hydrogen) atoms. The van der Waals surface area contributed by atoms with Gasteiger partial charge in [-0.2, -0.15) is 0 Å². The Bertz CT molecular complexity index is 416. The summed E-state index contributed by atoms with van der Waals surface area (Å²) in [4.78, 5) is 13.7. The molecule has 0 aromatic carbocycles. The molecule has 1 atom stereocenters. The zero-order chi connectivity index (χ0) is 13.1. The SMILES string of the molecule is NCCC1CCCN1c1cc(N2CCCC2)ncn1. The summed E-state index contributed by atoms with van der Waals surface area (Å²) in [7, 11) is 0. The number of aromatic nitrogens is 2. The van der Waals surface area contributed by atoms with Crippen molar-refractivity contribution in [3.05, 3.63) is 12.4 Å². The van der Waals surface area contributed by atoms with Crippen LogP contribution in [0.3, 0.4) is 0 Å². The predicted octanol–water partition coefficient (Wildman–Crippen LogP) is 1.39. The molecule has 0 aliphatic carbocycles. The molecule has 5 nitrogen and oxygen atoms in total. The Labute approximate surface area is 114 Å². The topological polar surface area (TPSA) is 58.3 Å². The first-order valence-corrected chi connectivity index (χ1v) is 7.42. The molecule has 104 valence electrons. The van der Waals surface area contributed by atoms with Crippen LogP contribution in [-0.2, 0) is 0 Å². The van der Waals surface area contributed by atoms with E-state index in [9.17, 15) is 0 Å². The van der Waals surface area contributed by atoms with Crippen LogP contribution in [0.15, 0.2) is 12.4 Å². The van der Waals surface area contributed by atoms with Crippen LogP contribution >= 0.6 is 0 Å². The van der Waals surface area contributed by atoms with Crippen molar-refractivity contribution in [1.29, 1.82) is 0 Å². The Morgan fingerprint density at radius 3 is 2.68 bits per heavy atom. The number of nitrogens with two attached hydrogens (primary N) is 1. The maximum atomic E-state index is 5.71. The molecular formula is C14H23N5. The minimum absolute atomic E-state index is 0.561. The van der Waals surface area contributed by atoms with E-state index in [-0.39, 0.29) is 0 Å². The Balaban J connectivity index is 1.78. The van der Waals surface area contributed by atoms with Crippen molar-refractivity contribution >= 4 is 11.6 Å². The van der Waals surface area contributed by atoms with Crippen LogP contribution in [0, 0.1) is 0 Å². The van der Waals surface area contributed by atoms with E-state index in [0.29, 0.717) is 6.04 Å². The van der Waals surface area contributed by atoms with Gasteiger partial charge >= 0.3 is 0 Å². The first-order chi connectivity index (χ1) is 9.38. The lowest BCUT2D eigenvalue weighted by Gasteiger charge is -2.26. The van der Waals surface area contributed by atoms with Crippen LogP contribution in [0.2, 0.25) is 0 Å². The van der Waals surface area contributed by atoms with Crippen molar-refractivity contribution in [2.45, 2.75) is 38.1 Å². The maximum Gasteiger partial charge on any atom is 0.134 e. The van der Waals surface area contributed by atoms with Crippen LogP contribution in [0.4, 0.5) is 11.6 Å². The lowest BCUT2D eigenvalue weighted by Crippen LogP contribution is -2.32. The lowest BCUT2D eigenvalue weighted by molar-refractivity contribution is 0.614. The molecule has 3 heterocycles. The fourth-order valence-corrected chi connectivity index (χ4v) is 3.24. The highest BCUT2D eigenvalue weighted by molar-refractivity contribution is 5.51.